The number of nitrogens with zero attached hydrogens (tertiary/aromatic N) is 1. The molecule has 0 saturated heterocycles. The Hall–Kier alpha value is -3.49. The molecule has 1 aromatic heterocycles. The largest absolute Gasteiger partial charge is 0.481 e. The molecule has 3 aromatic rings. The summed E-state index contributed by atoms with van der Waals surface area (Å²) in [6.07, 6.45) is 3.67. The van der Waals surface area contributed by atoms with E-state index in [4.69, 9.17) is 0 Å². The Kier molecular flexibility index (Phi) is 11.0. The predicted octanol–water partition coefficient (Wildman–Crippen LogP) is 4.28. The van der Waals surface area contributed by atoms with Crippen LogP contribution in [0.25, 0.3) is 11.1 Å². The van der Waals surface area contributed by atoms with Gasteiger partial charge in [0.1, 0.15) is 6.04 Å². The second-order valence-electron chi connectivity index (χ2n) is 11.0. The lowest BCUT2D eigenvalue weighted by atomic mass is 9.94. The summed E-state index contributed by atoms with van der Waals surface area (Å²) in [4.78, 5) is 41.9. The molecule has 0 spiro atoms. The highest BCUT2D eigenvalue weighted by atomic mass is 28.3. The van der Waals surface area contributed by atoms with Crippen molar-refractivity contribution in [2.45, 2.75) is 66.0 Å². The maximum atomic E-state index is 13.8. The van der Waals surface area contributed by atoms with Crippen LogP contribution in [0.1, 0.15) is 55.0 Å². The van der Waals surface area contributed by atoms with Crippen LogP contribution in [0.5, 0.6) is 0 Å². The molecule has 0 aliphatic carbocycles. The van der Waals surface area contributed by atoms with Crippen LogP contribution in [-0.4, -0.2) is 44.1 Å². The standard InChI is InChI=1S/C32H42N3O4Si/c1-21(2)10-11-28(35-15-13-25(12-14-33-6)18-29(35)36)32(39)34-40(20-30(37)38)27-9-7-8-26(19-27)31-23(4)16-22(3)17-24(31)5/h7-9,13,15-19,21,28,33H,10-12,14,20H2,1-6H3,(H,34,39)(H,37,38). The minimum Gasteiger partial charge on any atom is -0.481 e. The minimum atomic E-state index is -2.03. The first-order valence-corrected chi connectivity index (χ1v) is 15.6. The van der Waals surface area contributed by atoms with Gasteiger partial charge in [0.2, 0.25) is 14.9 Å². The number of aliphatic carboxylic acids is 1. The van der Waals surface area contributed by atoms with Crippen molar-refractivity contribution in [2.24, 2.45) is 5.92 Å². The van der Waals surface area contributed by atoms with E-state index in [2.05, 4.69) is 57.1 Å². The first-order chi connectivity index (χ1) is 19.0. The van der Waals surface area contributed by atoms with Crippen LogP contribution in [0.2, 0.25) is 6.04 Å². The van der Waals surface area contributed by atoms with Gasteiger partial charge >= 0.3 is 5.97 Å². The summed E-state index contributed by atoms with van der Waals surface area (Å²) >= 11 is 0. The Morgan fingerprint density at radius 1 is 1.00 bits per heavy atom. The van der Waals surface area contributed by atoms with E-state index in [0.717, 1.165) is 52.4 Å². The normalized spacial score (nSPS) is 12.1. The van der Waals surface area contributed by atoms with Gasteiger partial charge in [-0.25, -0.2) is 0 Å². The van der Waals surface area contributed by atoms with Gasteiger partial charge < -0.3 is 20.0 Å². The van der Waals surface area contributed by atoms with Gasteiger partial charge in [0, 0.05) is 12.3 Å². The number of pyridine rings is 1. The van der Waals surface area contributed by atoms with Crippen LogP contribution in [0.3, 0.4) is 0 Å². The number of carboxylic acids is 1. The van der Waals surface area contributed by atoms with E-state index in [-0.39, 0.29) is 17.5 Å². The molecule has 0 bridgehead atoms. The van der Waals surface area contributed by atoms with Crippen LogP contribution < -0.4 is 21.0 Å². The number of benzene rings is 2. The van der Waals surface area contributed by atoms with Gasteiger partial charge in [-0.2, -0.15) is 0 Å². The number of carboxylic acid groups (broad SMARTS) is 1. The number of carbonyl (C=O) groups is 2. The van der Waals surface area contributed by atoms with Crippen molar-refractivity contribution in [3.8, 4) is 11.1 Å². The van der Waals surface area contributed by atoms with Crippen LogP contribution in [0, 0.1) is 26.7 Å². The molecular weight excluding hydrogens is 518 g/mol. The fourth-order valence-electron chi connectivity index (χ4n) is 5.20. The lowest BCUT2D eigenvalue weighted by Gasteiger charge is -2.24. The maximum absolute atomic E-state index is 13.8. The molecular formula is C32H42N3O4Si. The second-order valence-corrected chi connectivity index (χ2v) is 13.2. The van der Waals surface area contributed by atoms with Crippen molar-refractivity contribution in [3.05, 3.63) is 87.3 Å². The fourth-order valence-corrected chi connectivity index (χ4v) is 7.03. The number of aromatic nitrogens is 1. The third kappa shape index (κ3) is 8.25. The zero-order valence-electron chi connectivity index (χ0n) is 24.5. The highest BCUT2D eigenvalue weighted by Crippen LogP contribution is 2.28. The number of hydrogen-bond acceptors (Lipinski definition) is 4. The number of amides is 1. The lowest BCUT2D eigenvalue weighted by Crippen LogP contribution is -2.52. The number of carbonyl (C=O) groups excluding carboxylic acids is 1. The molecule has 8 heteroatoms. The zero-order chi connectivity index (χ0) is 29.4. The minimum absolute atomic E-state index is 0.166. The first kappa shape index (κ1) is 31.0. The summed E-state index contributed by atoms with van der Waals surface area (Å²) in [5.41, 5.74) is 6.30. The maximum Gasteiger partial charge on any atom is 0.302 e. The quantitative estimate of drug-likeness (QED) is 0.271. The van der Waals surface area contributed by atoms with Crippen molar-refractivity contribution in [2.75, 3.05) is 13.6 Å². The van der Waals surface area contributed by atoms with Crippen molar-refractivity contribution < 1.29 is 14.7 Å². The monoisotopic (exact) mass is 560 g/mol. The van der Waals surface area contributed by atoms with E-state index in [0.29, 0.717) is 12.3 Å². The molecule has 1 radical (unpaired) electrons. The average Bonchev–Trinajstić information content (AvgIpc) is 2.87. The van der Waals surface area contributed by atoms with Crippen molar-refractivity contribution >= 4 is 26.0 Å². The van der Waals surface area contributed by atoms with E-state index in [1.807, 2.05) is 37.4 Å². The molecule has 1 unspecified atom stereocenters. The summed E-state index contributed by atoms with van der Waals surface area (Å²) < 4.78 is 1.50. The first-order valence-electron chi connectivity index (χ1n) is 13.9. The van der Waals surface area contributed by atoms with Gasteiger partial charge in [-0.3, -0.25) is 14.4 Å². The van der Waals surface area contributed by atoms with E-state index in [9.17, 15) is 19.5 Å². The Balaban J connectivity index is 1.96. The smallest absolute Gasteiger partial charge is 0.302 e. The summed E-state index contributed by atoms with van der Waals surface area (Å²) in [5, 5.41) is 13.7. The van der Waals surface area contributed by atoms with Gasteiger partial charge in [-0.05, 0) is 98.6 Å². The molecule has 0 aliphatic rings. The van der Waals surface area contributed by atoms with E-state index >= 15 is 0 Å². The molecule has 3 rings (SSSR count). The van der Waals surface area contributed by atoms with Crippen molar-refractivity contribution in [1.82, 2.24) is 14.9 Å². The van der Waals surface area contributed by atoms with Crippen LogP contribution >= 0.6 is 0 Å². The molecule has 7 nitrogen and oxygen atoms in total. The van der Waals surface area contributed by atoms with Crippen LogP contribution in [-0.2, 0) is 16.0 Å². The number of hydrogen-bond donors (Lipinski definition) is 3. The van der Waals surface area contributed by atoms with Crippen LogP contribution in [0.15, 0.2) is 59.5 Å². The fraction of sp³-hybridized carbons (Fsp3) is 0.406. The lowest BCUT2D eigenvalue weighted by molar-refractivity contribution is -0.134. The van der Waals surface area contributed by atoms with Gasteiger partial charge in [0.15, 0.2) is 0 Å². The molecule has 40 heavy (non-hydrogen) atoms. The summed E-state index contributed by atoms with van der Waals surface area (Å²) in [5.74, 6) is -0.927. The zero-order valence-corrected chi connectivity index (χ0v) is 25.5. The van der Waals surface area contributed by atoms with Gasteiger partial charge in [0.05, 0.1) is 6.04 Å². The van der Waals surface area contributed by atoms with Crippen molar-refractivity contribution in [1.29, 1.82) is 0 Å². The van der Waals surface area contributed by atoms with Gasteiger partial charge in [-0.15, -0.1) is 0 Å². The Morgan fingerprint density at radius 3 is 2.30 bits per heavy atom. The number of nitrogens with one attached hydrogen (secondary N) is 2. The van der Waals surface area contributed by atoms with E-state index in [1.165, 1.54) is 10.1 Å². The SMILES string of the molecule is CNCCc1ccn(C(CCC(C)C)C(=O)N[Si](CC(=O)O)c2cccc(-c3c(C)cc(C)cc3C)c2)c(=O)c1. The molecule has 1 amide bonds. The molecule has 2 aromatic carbocycles. The predicted molar refractivity (Wildman–Crippen MR) is 164 cm³/mol. The second kappa shape index (κ2) is 14.2. The molecule has 213 valence electrons. The third-order valence-electron chi connectivity index (χ3n) is 7.11. The van der Waals surface area contributed by atoms with Crippen LogP contribution in [0.4, 0.5) is 0 Å². The molecule has 0 fully saturated rings. The summed E-state index contributed by atoms with van der Waals surface area (Å²) in [7, 11) is -0.164. The highest BCUT2D eigenvalue weighted by molar-refractivity contribution is 6.75. The molecule has 1 heterocycles. The van der Waals surface area contributed by atoms with Gasteiger partial charge in [0.25, 0.3) is 5.56 Å². The molecule has 0 saturated carbocycles. The Morgan fingerprint density at radius 2 is 1.70 bits per heavy atom. The summed E-state index contributed by atoms with van der Waals surface area (Å²) in [6, 6.07) is 14.7. The highest BCUT2D eigenvalue weighted by Gasteiger charge is 2.28. The number of likely N-dealkylation sites (N-methyl/N-ethyl adjacent to an activating group) is 1. The molecule has 0 aliphatic heterocycles. The molecule has 1 atom stereocenters. The Labute approximate surface area is 239 Å². The Bertz CT molecular complexity index is 1380. The number of rotatable bonds is 13. The topological polar surface area (TPSA) is 100 Å². The number of aryl methyl sites for hydroxylation is 3. The van der Waals surface area contributed by atoms with Gasteiger partial charge in [-0.1, -0.05) is 55.8 Å². The van der Waals surface area contributed by atoms with E-state index < -0.39 is 21.0 Å². The van der Waals surface area contributed by atoms with Crippen molar-refractivity contribution in [3.63, 3.8) is 0 Å². The third-order valence-corrected chi connectivity index (χ3v) is 9.32. The average molecular weight is 561 g/mol. The summed E-state index contributed by atoms with van der Waals surface area (Å²) in [6.45, 7) is 11.1. The molecule has 3 N–H and O–H groups in total. The van der Waals surface area contributed by atoms with E-state index in [1.54, 1.807) is 12.3 Å².